The number of nitrogens with one attached hydrogen (secondary N) is 2. The molecule has 0 atom stereocenters. The van der Waals surface area contributed by atoms with Gasteiger partial charge in [0.2, 0.25) is 0 Å². The molecule has 0 saturated carbocycles. The highest BCUT2D eigenvalue weighted by molar-refractivity contribution is 7.80. The summed E-state index contributed by atoms with van der Waals surface area (Å²) in [5.74, 6) is 0.866. The summed E-state index contributed by atoms with van der Waals surface area (Å²) in [5, 5.41) is 6.97. The van der Waals surface area contributed by atoms with Crippen LogP contribution >= 0.6 is 12.2 Å². The second-order valence-corrected chi connectivity index (χ2v) is 5.93. The number of anilines is 1. The van der Waals surface area contributed by atoms with Gasteiger partial charge in [0, 0.05) is 11.2 Å². The summed E-state index contributed by atoms with van der Waals surface area (Å²) in [6.07, 6.45) is 0.187. The van der Waals surface area contributed by atoms with Crippen LogP contribution in [-0.2, 0) is 0 Å². The summed E-state index contributed by atoms with van der Waals surface area (Å²) in [6.45, 7) is 10.2. The van der Waals surface area contributed by atoms with Gasteiger partial charge in [-0.05, 0) is 71.1 Å². The van der Waals surface area contributed by atoms with Crippen molar-refractivity contribution in [1.29, 1.82) is 0 Å². The number of rotatable bonds is 3. The Morgan fingerprint density at radius 1 is 1.17 bits per heavy atom. The zero-order valence-electron chi connectivity index (χ0n) is 11.7. The first-order chi connectivity index (χ1) is 8.26. The molecule has 0 aliphatic carbocycles. The molecule has 0 heterocycles. The summed E-state index contributed by atoms with van der Waals surface area (Å²) in [6, 6.07) is 7.77. The molecule has 0 spiro atoms. The molecule has 0 fully saturated rings. The predicted molar refractivity (Wildman–Crippen MR) is 81.3 cm³/mol. The minimum atomic E-state index is -0.0369. The lowest BCUT2D eigenvalue weighted by Crippen LogP contribution is -2.42. The van der Waals surface area contributed by atoms with Crippen molar-refractivity contribution in [3.8, 4) is 5.75 Å². The van der Waals surface area contributed by atoms with Crippen LogP contribution in [0.5, 0.6) is 5.75 Å². The van der Waals surface area contributed by atoms with Gasteiger partial charge in [-0.2, -0.15) is 0 Å². The Morgan fingerprint density at radius 2 is 1.72 bits per heavy atom. The van der Waals surface area contributed by atoms with Gasteiger partial charge in [0.1, 0.15) is 5.75 Å². The fourth-order valence-electron chi connectivity index (χ4n) is 1.39. The van der Waals surface area contributed by atoms with Crippen molar-refractivity contribution < 1.29 is 4.74 Å². The molecular formula is C14H22N2OS. The lowest BCUT2D eigenvalue weighted by molar-refractivity contribution is 0.242. The molecule has 1 aromatic carbocycles. The predicted octanol–water partition coefficient (Wildman–Crippen LogP) is 3.56. The van der Waals surface area contributed by atoms with E-state index in [0.29, 0.717) is 5.11 Å². The molecule has 0 amide bonds. The second-order valence-electron chi connectivity index (χ2n) is 5.52. The quantitative estimate of drug-likeness (QED) is 0.820. The van der Waals surface area contributed by atoms with Gasteiger partial charge in [0.25, 0.3) is 0 Å². The van der Waals surface area contributed by atoms with Crippen molar-refractivity contribution in [2.45, 2.75) is 46.3 Å². The van der Waals surface area contributed by atoms with Crippen LogP contribution in [0.3, 0.4) is 0 Å². The first-order valence-corrected chi connectivity index (χ1v) is 6.53. The largest absolute Gasteiger partial charge is 0.491 e. The Morgan fingerprint density at radius 3 is 2.17 bits per heavy atom. The van der Waals surface area contributed by atoms with E-state index in [-0.39, 0.29) is 11.6 Å². The fraction of sp³-hybridized carbons (Fsp3) is 0.500. The minimum Gasteiger partial charge on any atom is -0.491 e. The van der Waals surface area contributed by atoms with E-state index in [1.54, 1.807) is 0 Å². The summed E-state index contributed by atoms with van der Waals surface area (Å²) < 4.78 is 5.58. The van der Waals surface area contributed by atoms with Crippen molar-refractivity contribution in [1.82, 2.24) is 5.32 Å². The Hall–Kier alpha value is -1.29. The van der Waals surface area contributed by atoms with E-state index < -0.39 is 0 Å². The maximum absolute atomic E-state index is 5.58. The monoisotopic (exact) mass is 266 g/mol. The summed E-state index contributed by atoms with van der Waals surface area (Å²) in [7, 11) is 0. The van der Waals surface area contributed by atoms with Gasteiger partial charge in [0.15, 0.2) is 5.11 Å². The van der Waals surface area contributed by atoms with E-state index in [0.717, 1.165) is 11.4 Å². The third-order valence-corrected chi connectivity index (χ3v) is 2.18. The number of hydrogen-bond donors (Lipinski definition) is 2. The van der Waals surface area contributed by atoms with Gasteiger partial charge in [-0.25, -0.2) is 0 Å². The molecule has 0 bridgehead atoms. The normalized spacial score (nSPS) is 11.2. The fourth-order valence-corrected chi connectivity index (χ4v) is 1.82. The van der Waals surface area contributed by atoms with Gasteiger partial charge < -0.3 is 15.4 Å². The highest BCUT2D eigenvalue weighted by atomic mass is 32.1. The number of thiocarbonyl (C=S) groups is 1. The van der Waals surface area contributed by atoms with Gasteiger partial charge >= 0.3 is 0 Å². The topological polar surface area (TPSA) is 33.3 Å². The Bertz CT molecular complexity index is 393. The van der Waals surface area contributed by atoms with E-state index in [2.05, 4.69) is 31.4 Å². The molecule has 0 aliphatic rings. The van der Waals surface area contributed by atoms with Crippen molar-refractivity contribution in [3.63, 3.8) is 0 Å². The van der Waals surface area contributed by atoms with Gasteiger partial charge in [-0.15, -0.1) is 0 Å². The lowest BCUT2D eigenvalue weighted by atomic mass is 10.1. The van der Waals surface area contributed by atoms with E-state index in [4.69, 9.17) is 17.0 Å². The molecule has 0 radical (unpaired) electrons. The van der Waals surface area contributed by atoms with Crippen LogP contribution in [0.25, 0.3) is 0 Å². The van der Waals surface area contributed by atoms with Crippen molar-refractivity contribution in [2.24, 2.45) is 0 Å². The van der Waals surface area contributed by atoms with E-state index in [1.165, 1.54) is 0 Å². The lowest BCUT2D eigenvalue weighted by Gasteiger charge is -2.23. The molecular weight excluding hydrogens is 244 g/mol. The Kier molecular flexibility index (Phi) is 4.96. The van der Waals surface area contributed by atoms with Crippen LogP contribution in [0.15, 0.2) is 24.3 Å². The summed E-state index contributed by atoms with van der Waals surface area (Å²) in [4.78, 5) is 0. The van der Waals surface area contributed by atoms with Crippen LogP contribution in [0, 0.1) is 0 Å². The van der Waals surface area contributed by atoms with Crippen molar-refractivity contribution in [3.05, 3.63) is 24.3 Å². The molecule has 0 aromatic heterocycles. The van der Waals surface area contributed by atoms with Crippen LogP contribution < -0.4 is 15.4 Å². The molecule has 0 saturated heterocycles. The molecule has 18 heavy (non-hydrogen) atoms. The first kappa shape index (κ1) is 14.8. The third kappa shape index (κ3) is 5.87. The highest BCUT2D eigenvalue weighted by Crippen LogP contribution is 2.17. The maximum Gasteiger partial charge on any atom is 0.171 e. The van der Waals surface area contributed by atoms with Gasteiger partial charge in [0.05, 0.1) is 6.10 Å². The van der Waals surface area contributed by atoms with Crippen molar-refractivity contribution in [2.75, 3.05) is 5.32 Å². The molecule has 4 heteroatoms. The summed E-state index contributed by atoms with van der Waals surface area (Å²) in [5.41, 5.74) is 0.915. The highest BCUT2D eigenvalue weighted by Gasteiger charge is 2.10. The first-order valence-electron chi connectivity index (χ1n) is 6.12. The summed E-state index contributed by atoms with van der Waals surface area (Å²) >= 11 is 5.23. The zero-order chi connectivity index (χ0) is 13.8. The molecule has 1 rings (SSSR count). The van der Waals surface area contributed by atoms with Crippen LogP contribution in [0.4, 0.5) is 5.69 Å². The number of hydrogen-bond acceptors (Lipinski definition) is 2. The minimum absolute atomic E-state index is 0.0369. The second kappa shape index (κ2) is 6.05. The molecule has 2 N–H and O–H groups in total. The SMILES string of the molecule is CC(C)Oc1ccc(NC(=S)NC(C)(C)C)cc1. The molecule has 3 nitrogen and oxygen atoms in total. The van der Waals surface area contributed by atoms with Gasteiger partial charge in [-0.1, -0.05) is 0 Å². The molecule has 0 aliphatic heterocycles. The maximum atomic E-state index is 5.58. The standard InChI is InChI=1S/C14H22N2OS/c1-10(2)17-12-8-6-11(7-9-12)15-13(18)16-14(3,4)5/h6-10H,1-5H3,(H2,15,16,18). The molecule has 100 valence electrons. The number of benzene rings is 1. The average Bonchev–Trinajstić information content (AvgIpc) is 2.17. The van der Waals surface area contributed by atoms with E-state index in [9.17, 15) is 0 Å². The van der Waals surface area contributed by atoms with Crippen LogP contribution in [0.2, 0.25) is 0 Å². The van der Waals surface area contributed by atoms with Crippen LogP contribution in [-0.4, -0.2) is 16.8 Å². The molecule has 0 unspecified atom stereocenters. The van der Waals surface area contributed by atoms with Crippen molar-refractivity contribution >= 4 is 23.0 Å². The third-order valence-electron chi connectivity index (χ3n) is 1.97. The van der Waals surface area contributed by atoms with E-state index >= 15 is 0 Å². The van der Waals surface area contributed by atoms with Crippen LogP contribution in [0.1, 0.15) is 34.6 Å². The van der Waals surface area contributed by atoms with E-state index in [1.807, 2.05) is 38.1 Å². The zero-order valence-corrected chi connectivity index (χ0v) is 12.5. The Balaban J connectivity index is 2.56. The molecule has 1 aromatic rings. The Labute approximate surface area is 115 Å². The number of ether oxygens (including phenoxy) is 1. The smallest absolute Gasteiger partial charge is 0.171 e. The van der Waals surface area contributed by atoms with Gasteiger partial charge in [-0.3, -0.25) is 0 Å². The average molecular weight is 266 g/mol.